The first-order chi connectivity index (χ1) is 8.77. The molecule has 1 saturated carbocycles. The number of aryl methyl sites for hydroxylation is 2. The normalized spacial score (nSPS) is 17.7. The molecule has 0 atom stereocenters. The van der Waals surface area contributed by atoms with Crippen LogP contribution < -0.4 is 0 Å². The summed E-state index contributed by atoms with van der Waals surface area (Å²) >= 11 is 0. The molecule has 1 aliphatic carbocycles. The lowest BCUT2D eigenvalue weighted by Gasteiger charge is -2.36. The molecule has 1 aromatic carbocycles. The van der Waals surface area contributed by atoms with Gasteiger partial charge in [-0.15, -0.1) is 0 Å². The fraction of sp³-hybridized carbons (Fsp3) is 0.611. The number of nitriles is 1. The fourth-order valence-corrected chi connectivity index (χ4v) is 2.98. The summed E-state index contributed by atoms with van der Waals surface area (Å²) in [5, 5.41) is 9.41. The summed E-state index contributed by atoms with van der Waals surface area (Å²) in [6.07, 6.45) is 4.30. The molecule has 0 unspecified atom stereocenters. The largest absolute Gasteiger partial charge is 0.198 e. The number of benzene rings is 1. The van der Waals surface area contributed by atoms with Crippen LogP contribution in [0.1, 0.15) is 62.3 Å². The highest BCUT2D eigenvalue weighted by Crippen LogP contribution is 2.44. The van der Waals surface area contributed by atoms with Gasteiger partial charge in [-0.05, 0) is 60.8 Å². The summed E-state index contributed by atoms with van der Waals surface area (Å²) in [4.78, 5) is 0. The second kappa shape index (κ2) is 4.67. The molecule has 1 aliphatic rings. The molecule has 1 nitrogen and oxygen atoms in total. The molecule has 1 heteroatoms. The maximum Gasteiger partial charge on any atom is 0.0693 e. The Labute approximate surface area is 117 Å². The van der Waals surface area contributed by atoms with Crippen molar-refractivity contribution in [3.8, 4) is 6.07 Å². The second-order valence-corrected chi connectivity index (χ2v) is 7.26. The third kappa shape index (κ3) is 2.68. The van der Waals surface area contributed by atoms with Gasteiger partial charge in [0.15, 0.2) is 0 Å². The minimum Gasteiger partial charge on any atom is -0.198 e. The summed E-state index contributed by atoms with van der Waals surface area (Å²) in [6, 6.07) is 7.19. The summed E-state index contributed by atoms with van der Waals surface area (Å²) < 4.78 is 0. The van der Waals surface area contributed by atoms with E-state index in [1.54, 1.807) is 0 Å². The molecule has 1 aromatic rings. The van der Waals surface area contributed by atoms with Gasteiger partial charge in [0.25, 0.3) is 0 Å². The highest BCUT2D eigenvalue weighted by atomic mass is 14.4. The van der Waals surface area contributed by atoms with E-state index >= 15 is 0 Å². The van der Waals surface area contributed by atoms with Crippen LogP contribution >= 0.6 is 0 Å². The lowest BCUT2D eigenvalue weighted by atomic mass is 9.65. The van der Waals surface area contributed by atoms with Crippen molar-refractivity contribution in [3.05, 3.63) is 34.4 Å². The van der Waals surface area contributed by atoms with Gasteiger partial charge >= 0.3 is 0 Å². The van der Waals surface area contributed by atoms with E-state index in [4.69, 9.17) is 0 Å². The molecule has 0 spiro atoms. The van der Waals surface area contributed by atoms with E-state index in [2.05, 4.69) is 52.8 Å². The molecule has 0 heterocycles. The second-order valence-electron chi connectivity index (χ2n) is 7.26. The van der Waals surface area contributed by atoms with E-state index in [1.807, 2.05) is 0 Å². The Morgan fingerprint density at radius 3 is 2.00 bits per heavy atom. The molecule has 1 fully saturated rings. The van der Waals surface area contributed by atoms with E-state index in [9.17, 15) is 5.26 Å². The average Bonchev–Trinajstić information content (AvgIpc) is 2.25. The standard InChI is InChI=1S/C18H25N/c1-13-9-15(17(3,4)5)10-14(2)16(13)11-18(12-19)7-6-8-18/h9-10H,6-8,11H2,1-5H3. The minimum atomic E-state index is -0.0707. The van der Waals surface area contributed by atoms with E-state index in [0.29, 0.717) is 0 Å². The van der Waals surface area contributed by atoms with Crippen molar-refractivity contribution >= 4 is 0 Å². The smallest absolute Gasteiger partial charge is 0.0693 e. The van der Waals surface area contributed by atoms with E-state index in [1.165, 1.54) is 28.7 Å². The van der Waals surface area contributed by atoms with Crippen LogP contribution in [0.5, 0.6) is 0 Å². The van der Waals surface area contributed by atoms with E-state index in [0.717, 1.165) is 19.3 Å². The first-order valence-electron chi connectivity index (χ1n) is 7.29. The molecule has 2 rings (SSSR count). The molecular formula is C18H25N. The summed E-state index contributed by atoms with van der Waals surface area (Å²) in [7, 11) is 0. The van der Waals surface area contributed by atoms with Crippen molar-refractivity contribution in [1.29, 1.82) is 5.26 Å². The summed E-state index contributed by atoms with van der Waals surface area (Å²) in [5.74, 6) is 0. The van der Waals surface area contributed by atoms with Crippen molar-refractivity contribution in [3.63, 3.8) is 0 Å². The zero-order valence-corrected chi connectivity index (χ0v) is 12.9. The SMILES string of the molecule is Cc1cc(C(C)(C)C)cc(C)c1CC1(C#N)CCC1. The van der Waals surface area contributed by atoms with Crippen molar-refractivity contribution in [2.75, 3.05) is 0 Å². The van der Waals surface area contributed by atoms with Crippen LogP contribution in [-0.2, 0) is 11.8 Å². The maximum absolute atomic E-state index is 9.41. The van der Waals surface area contributed by atoms with Crippen LogP contribution in [0.3, 0.4) is 0 Å². The highest BCUT2D eigenvalue weighted by Gasteiger charge is 2.37. The maximum atomic E-state index is 9.41. The lowest BCUT2D eigenvalue weighted by molar-refractivity contribution is 0.213. The van der Waals surface area contributed by atoms with Gasteiger partial charge in [-0.25, -0.2) is 0 Å². The van der Waals surface area contributed by atoms with Gasteiger partial charge in [-0.3, -0.25) is 0 Å². The van der Waals surface area contributed by atoms with Crippen LogP contribution in [0, 0.1) is 30.6 Å². The third-order valence-electron chi connectivity index (χ3n) is 4.63. The number of nitrogens with zero attached hydrogens (tertiary/aromatic N) is 1. The van der Waals surface area contributed by atoms with E-state index < -0.39 is 0 Å². The molecule has 0 radical (unpaired) electrons. The van der Waals surface area contributed by atoms with Crippen LogP contribution in [-0.4, -0.2) is 0 Å². The Bertz CT molecular complexity index is 499. The molecule has 0 saturated heterocycles. The van der Waals surface area contributed by atoms with Crippen LogP contribution in [0.2, 0.25) is 0 Å². The first kappa shape index (κ1) is 14.1. The van der Waals surface area contributed by atoms with Gasteiger partial charge in [0.1, 0.15) is 0 Å². The Morgan fingerprint density at radius 2 is 1.68 bits per heavy atom. The first-order valence-corrected chi connectivity index (χ1v) is 7.29. The predicted octanol–water partition coefficient (Wildman–Crippen LogP) is 4.84. The number of hydrogen-bond acceptors (Lipinski definition) is 1. The van der Waals surface area contributed by atoms with Gasteiger partial charge in [-0.1, -0.05) is 39.3 Å². The van der Waals surface area contributed by atoms with Gasteiger partial charge in [0.2, 0.25) is 0 Å². The molecule has 0 bridgehead atoms. The molecule has 0 aromatic heterocycles. The molecule has 102 valence electrons. The van der Waals surface area contributed by atoms with Crippen molar-refractivity contribution in [2.45, 2.75) is 65.7 Å². The van der Waals surface area contributed by atoms with Crippen LogP contribution in [0.25, 0.3) is 0 Å². The molecule has 0 N–H and O–H groups in total. The van der Waals surface area contributed by atoms with Crippen molar-refractivity contribution in [2.24, 2.45) is 5.41 Å². The minimum absolute atomic E-state index is 0.0707. The zero-order valence-electron chi connectivity index (χ0n) is 12.9. The summed E-state index contributed by atoms with van der Waals surface area (Å²) in [6.45, 7) is 11.2. The Balaban J connectivity index is 2.35. The molecule has 19 heavy (non-hydrogen) atoms. The quantitative estimate of drug-likeness (QED) is 0.742. The van der Waals surface area contributed by atoms with Crippen molar-refractivity contribution < 1.29 is 0 Å². The third-order valence-corrected chi connectivity index (χ3v) is 4.63. The van der Waals surface area contributed by atoms with Gasteiger partial charge in [-0.2, -0.15) is 5.26 Å². The molecular weight excluding hydrogens is 230 g/mol. The van der Waals surface area contributed by atoms with E-state index in [-0.39, 0.29) is 10.8 Å². The lowest BCUT2D eigenvalue weighted by Crippen LogP contribution is -2.30. The van der Waals surface area contributed by atoms with Crippen LogP contribution in [0.4, 0.5) is 0 Å². The molecule has 0 amide bonds. The number of rotatable bonds is 2. The monoisotopic (exact) mass is 255 g/mol. The Morgan fingerprint density at radius 1 is 1.16 bits per heavy atom. The van der Waals surface area contributed by atoms with Crippen molar-refractivity contribution in [1.82, 2.24) is 0 Å². The predicted molar refractivity (Wildman–Crippen MR) is 80.2 cm³/mol. The van der Waals surface area contributed by atoms with Gasteiger partial charge in [0.05, 0.1) is 11.5 Å². The van der Waals surface area contributed by atoms with Gasteiger partial charge < -0.3 is 0 Å². The topological polar surface area (TPSA) is 23.8 Å². The van der Waals surface area contributed by atoms with Gasteiger partial charge in [0, 0.05) is 0 Å². The summed E-state index contributed by atoms with van der Waals surface area (Å²) in [5.41, 5.74) is 5.62. The average molecular weight is 255 g/mol. The number of hydrogen-bond donors (Lipinski definition) is 0. The Hall–Kier alpha value is -1.29. The highest BCUT2D eigenvalue weighted by molar-refractivity contribution is 5.41. The fourth-order valence-electron chi connectivity index (χ4n) is 2.98. The zero-order chi connectivity index (χ0) is 14.3. The molecule has 0 aliphatic heterocycles. The van der Waals surface area contributed by atoms with Crippen LogP contribution in [0.15, 0.2) is 12.1 Å². The Kier molecular flexibility index (Phi) is 3.47.